The number of rotatable bonds is 9. The van der Waals surface area contributed by atoms with Crippen LogP contribution in [0, 0.1) is 13.8 Å². The van der Waals surface area contributed by atoms with E-state index >= 15 is 0 Å². The number of aryl methyl sites for hydroxylation is 2. The Kier molecular flexibility index (Phi) is 8.74. The van der Waals surface area contributed by atoms with E-state index in [9.17, 15) is 14.4 Å². The van der Waals surface area contributed by atoms with Crippen LogP contribution in [0.2, 0.25) is 0 Å². The molecule has 1 fully saturated rings. The lowest BCUT2D eigenvalue weighted by atomic mass is 9.95. The van der Waals surface area contributed by atoms with Crippen LogP contribution in [-0.4, -0.2) is 80.4 Å². The number of amides is 2. The fraction of sp³-hybridized carbons (Fsp3) is 0.423. The molecule has 0 saturated carbocycles. The Labute approximate surface area is 195 Å². The molecule has 2 amide bonds. The van der Waals surface area contributed by atoms with Crippen molar-refractivity contribution < 1.29 is 19.1 Å². The summed E-state index contributed by atoms with van der Waals surface area (Å²) in [6, 6.07) is 12.6. The number of ketones is 1. The third kappa shape index (κ3) is 6.49. The van der Waals surface area contributed by atoms with Crippen LogP contribution in [0.25, 0.3) is 0 Å². The number of hydrogen-bond donors (Lipinski definition) is 1. The smallest absolute Gasteiger partial charge is 0.254 e. The zero-order valence-electron chi connectivity index (χ0n) is 19.7. The number of methoxy groups -OCH3 is 1. The van der Waals surface area contributed by atoms with Crippen molar-refractivity contribution in [3.63, 3.8) is 0 Å². The van der Waals surface area contributed by atoms with Gasteiger partial charge in [0, 0.05) is 57.6 Å². The van der Waals surface area contributed by atoms with Crippen LogP contribution in [0.4, 0.5) is 0 Å². The van der Waals surface area contributed by atoms with Gasteiger partial charge in [0.25, 0.3) is 5.91 Å². The molecule has 0 atom stereocenters. The molecule has 0 radical (unpaired) electrons. The molecule has 3 rings (SSSR count). The largest absolute Gasteiger partial charge is 0.385 e. The quantitative estimate of drug-likeness (QED) is 0.468. The first-order valence-electron chi connectivity index (χ1n) is 11.4. The third-order valence-corrected chi connectivity index (χ3v) is 6.05. The molecule has 33 heavy (non-hydrogen) atoms. The standard InChI is InChI=1S/C26H33N3O4/c1-19-9-10-21(17-20(19)2)25(31)22-7-4-5-8-23(22)26(32)29-14-12-28(13-15-29)18-24(30)27-11-6-16-33-3/h4-5,7-10,17H,6,11-16,18H2,1-3H3,(H,27,30). The maximum Gasteiger partial charge on any atom is 0.254 e. The van der Waals surface area contributed by atoms with Crippen LogP contribution in [0.5, 0.6) is 0 Å². The van der Waals surface area contributed by atoms with E-state index in [2.05, 4.69) is 5.32 Å². The van der Waals surface area contributed by atoms with Crippen molar-refractivity contribution in [2.24, 2.45) is 0 Å². The van der Waals surface area contributed by atoms with Crippen molar-refractivity contribution in [1.29, 1.82) is 0 Å². The summed E-state index contributed by atoms with van der Waals surface area (Å²) in [7, 11) is 1.64. The van der Waals surface area contributed by atoms with Crippen molar-refractivity contribution in [3.8, 4) is 0 Å². The molecule has 1 aliphatic heterocycles. The molecular weight excluding hydrogens is 418 g/mol. The molecule has 2 aromatic rings. The van der Waals surface area contributed by atoms with E-state index in [1.807, 2.05) is 36.9 Å². The Balaban J connectivity index is 1.61. The van der Waals surface area contributed by atoms with E-state index in [1.165, 1.54) is 0 Å². The van der Waals surface area contributed by atoms with Gasteiger partial charge in [0.1, 0.15) is 0 Å². The van der Waals surface area contributed by atoms with E-state index in [0.29, 0.717) is 62.6 Å². The summed E-state index contributed by atoms with van der Waals surface area (Å²) in [5.74, 6) is -0.313. The summed E-state index contributed by atoms with van der Waals surface area (Å²) in [5.41, 5.74) is 3.59. The summed E-state index contributed by atoms with van der Waals surface area (Å²) >= 11 is 0. The predicted octanol–water partition coefficient (Wildman–Crippen LogP) is 2.44. The average Bonchev–Trinajstić information content (AvgIpc) is 2.83. The molecule has 7 nitrogen and oxygen atoms in total. The van der Waals surface area contributed by atoms with Gasteiger partial charge in [-0.05, 0) is 43.5 Å². The van der Waals surface area contributed by atoms with Gasteiger partial charge < -0.3 is 15.0 Å². The molecule has 7 heteroatoms. The topological polar surface area (TPSA) is 79.0 Å². The minimum atomic E-state index is -0.147. The predicted molar refractivity (Wildman–Crippen MR) is 128 cm³/mol. The fourth-order valence-corrected chi connectivity index (χ4v) is 3.89. The summed E-state index contributed by atoms with van der Waals surface area (Å²) < 4.78 is 4.98. The minimum absolute atomic E-state index is 0.0183. The lowest BCUT2D eigenvalue weighted by Gasteiger charge is -2.34. The van der Waals surface area contributed by atoms with E-state index in [1.54, 1.807) is 36.3 Å². The normalized spacial score (nSPS) is 14.2. The van der Waals surface area contributed by atoms with Crippen LogP contribution >= 0.6 is 0 Å². The number of carbonyl (C=O) groups is 3. The molecule has 0 spiro atoms. The van der Waals surface area contributed by atoms with Crippen LogP contribution in [0.3, 0.4) is 0 Å². The van der Waals surface area contributed by atoms with E-state index in [0.717, 1.165) is 17.5 Å². The van der Waals surface area contributed by atoms with Gasteiger partial charge >= 0.3 is 0 Å². The second-order valence-corrected chi connectivity index (χ2v) is 8.44. The molecule has 176 valence electrons. The molecule has 0 aliphatic carbocycles. The summed E-state index contributed by atoms with van der Waals surface area (Å²) in [4.78, 5) is 42.4. The number of ether oxygens (including phenoxy) is 1. The molecule has 1 aliphatic rings. The molecule has 1 heterocycles. The van der Waals surface area contributed by atoms with E-state index in [-0.39, 0.29) is 17.6 Å². The number of benzene rings is 2. The fourth-order valence-electron chi connectivity index (χ4n) is 3.89. The average molecular weight is 452 g/mol. The molecule has 1 N–H and O–H groups in total. The minimum Gasteiger partial charge on any atom is -0.385 e. The maximum atomic E-state index is 13.3. The summed E-state index contributed by atoms with van der Waals surface area (Å²) in [5, 5.41) is 2.89. The van der Waals surface area contributed by atoms with Gasteiger partial charge in [0.2, 0.25) is 5.91 Å². The zero-order chi connectivity index (χ0) is 23.8. The number of nitrogens with one attached hydrogen (secondary N) is 1. The van der Waals surface area contributed by atoms with Gasteiger partial charge in [-0.25, -0.2) is 0 Å². The number of carbonyl (C=O) groups excluding carboxylic acids is 3. The first-order valence-corrected chi connectivity index (χ1v) is 11.4. The Morgan fingerprint density at radius 3 is 2.30 bits per heavy atom. The Hall–Kier alpha value is -3.03. The molecule has 0 bridgehead atoms. The molecule has 0 unspecified atom stereocenters. The van der Waals surface area contributed by atoms with Gasteiger partial charge in [-0.3, -0.25) is 19.3 Å². The third-order valence-electron chi connectivity index (χ3n) is 6.05. The molecule has 0 aromatic heterocycles. The first-order chi connectivity index (χ1) is 15.9. The van der Waals surface area contributed by atoms with Crippen LogP contribution < -0.4 is 5.32 Å². The molecule has 1 saturated heterocycles. The maximum absolute atomic E-state index is 13.3. The second kappa shape index (κ2) is 11.7. The van der Waals surface area contributed by atoms with E-state index < -0.39 is 0 Å². The SMILES string of the molecule is COCCCNC(=O)CN1CCN(C(=O)c2ccccc2C(=O)c2ccc(C)c(C)c2)CC1. The Bertz CT molecular complexity index is 997. The number of hydrogen-bond acceptors (Lipinski definition) is 5. The first kappa shape index (κ1) is 24.6. The van der Waals surface area contributed by atoms with Crippen LogP contribution in [-0.2, 0) is 9.53 Å². The zero-order valence-corrected chi connectivity index (χ0v) is 19.7. The van der Waals surface area contributed by atoms with Gasteiger partial charge in [-0.15, -0.1) is 0 Å². The van der Waals surface area contributed by atoms with Crippen molar-refractivity contribution >= 4 is 17.6 Å². The van der Waals surface area contributed by atoms with Crippen molar-refractivity contribution in [2.45, 2.75) is 20.3 Å². The monoisotopic (exact) mass is 451 g/mol. The summed E-state index contributed by atoms with van der Waals surface area (Å²) in [6.45, 7) is 7.77. The number of piperazine rings is 1. The Morgan fingerprint density at radius 2 is 1.64 bits per heavy atom. The highest BCUT2D eigenvalue weighted by atomic mass is 16.5. The van der Waals surface area contributed by atoms with Gasteiger partial charge in [0.05, 0.1) is 12.1 Å². The van der Waals surface area contributed by atoms with Gasteiger partial charge in [-0.1, -0.05) is 30.3 Å². The van der Waals surface area contributed by atoms with E-state index in [4.69, 9.17) is 4.74 Å². The lowest BCUT2D eigenvalue weighted by molar-refractivity contribution is -0.122. The molecular formula is C26H33N3O4. The highest BCUT2D eigenvalue weighted by Gasteiger charge is 2.26. The van der Waals surface area contributed by atoms with Crippen LogP contribution in [0.15, 0.2) is 42.5 Å². The highest BCUT2D eigenvalue weighted by Crippen LogP contribution is 2.19. The number of nitrogens with zero attached hydrogens (tertiary/aromatic N) is 2. The van der Waals surface area contributed by atoms with Crippen molar-refractivity contribution in [3.05, 3.63) is 70.3 Å². The second-order valence-electron chi connectivity index (χ2n) is 8.44. The highest BCUT2D eigenvalue weighted by molar-refractivity contribution is 6.15. The Morgan fingerprint density at radius 1 is 0.939 bits per heavy atom. The van der Waals surface area contributed by atoms with Gasteiger partial charge in [-0.2, -0.15) is 0 Å². The molecule has 2 aromatic carbocycles. The van der Waals surface area contributed by atoms with Crippen LogP contribution in [0.1, 0.15) is 43.8 Å². The summed E-state index contributed by atoms with van der Waals surface area (Å²) in [6.07, 6.45) is 0.783. The van der Waals surface area contributed by atoms with Crippen molar-refractivity contribution in [1.82, 2.24) is 15.1 Å². The van der Waals surface area contributed by atoms with Crippen molar-refractivity contribution in [2.75, 3.05) is 53.0 Å². The van der Waals surface area contributed by atoms with Gasteiger partial charge in [0.15, 0.2) is 5.78 Å². The lowest BCUT2D eigenvalue weighted by Crippen LogP contribution is -2.51.